The quantitative estimate of drug-likeness (QED) is 0.820. The van der Waals surface area contributed by atoms with Crippen LogP contribution in [0.25, 0.3) is 0 Å². The Balaban J connectivity index is 1.96. The third-order valence-corrected chi connectivity index (χ3v) is 3.50. The SMILES string of the molecule is C[C@](C#N)(NC(=O)CNc1ccc(F)c(F)c1F)C1CC1. The summed E-state index contributed by atoms with van der Waals surface area (Å²) in [4.78, 5) is 11.8. The molecule has 1 aromatic rings. The lowest BCUT2D eigenvalue weighted by molar-refractivity contribution is -0.120. The zero-order valence-corrected chi connectivity index (χ0v) is 11.3. The van der Waals surface area contributed by atoms with Gasteiger partial charge in [-0.1, -0.05) is 0 Å². The molecule has 1 fully saturated rings. The van der Waals surface area contributed by atoms with Gasteiger partial charge in [0.2, 0.25) is 5.91 Å². The van der Waals surface area contributed by atoms with Crippen molar-refractivity contribution in [3.63, 3.8) is 0 Å². The molecule has 0 radical (unpaired) electrons. The van der Waals surface area contributed by atoms with E-state index in [1.807, 2.05) is 0 Å². The summed E-state index contributed by atoms with van der Waals surface area (Å²) in [6.07, 6.45) is 1.74. The summed E-state index contributed by atoms with van der Waals surface area (Å²) in [5.41, 5.74) is -1.26. The van der Waals surface area contributed by atoms with Crippen LogP contribution in [0, 0.1) is 34.7 Å². The normalized spacial score (nSPS) is 16.7. The van der Waals surface area contributed by atoms with Crippen LogP contribution >= 0.6 is 0 Å². The van der Waals surface area contributed by atoms with Crippen LogP contribution in [-0.4, -0.2) is 18.0 Å². The fraction of sp³-hybridized carbons (Fsp3) is 0.429. The van der Waals surface area contributed by atoms with Gasteiger partial charge in [-0.05, 0) is 37.8 Å². The lowest BCUT2D eigenvalue weighted by Gasteiger charge is -2.23. The molecule has 1 aliphatic rings. The van der Waals surface area contributed by atoms with Gasteiger partial charge in [-0.2, -0.15) is 5.26 Å². The minimum atomic E-state index is -1.60. The van der Waals surface area contributed by atoms with Crippen molar-refractivity contribution in [2.75, 3.05) is 11.9 Å². The molecular formula is C14H14F3N3O. The number of rotatable bonds is 5. The molecule has 2 N–H and O–H groups in total. The lowest BCUT2D eigenvalue weighted by atomic mass is 9.98. The number of nitrogens with one attached hydrogen (secondary N) is 2. The van der Waals surface area contributed by atoms with Gasteiger partial charge >= 0.3 is 0 Å². The Hall–Kier alpha value is -2.23. The number of benzene rings is 1. The van der Waals surface area contributed by atoms with Crippen molar-refractivity contribution in [2.45, 2.75) is 25.3 Å². The summed E-state index contributed by atoms with van der Waals surface area (Å²) in [5.74, 6) is -4.68. The molecule has 0 unspecified atom stereocenters. The molecule has 0 aromatic heterocycles. The van der Waals surface area contributed by atoms with E-state index in [0.29, 0.717) is 0 Å². The second-order valence-electron chi connectivity index (χ2n) is 5.21. The fourth-order valence-corrected chi connectivity index (χ4v) is 2.05. The van der Waals surface area contributed by atoms with E-state index in [0.717, 1.165) is 25.0 Å². The van der Waals surface area contributed by atoms with Crippen molar-refractivity contribution < 1.29 is 18.0 Å². The largest absolute Gasteiger partial charge is 0.374 e. The number of hydrogen-bond acceptors (Lipinski definition) is 3. The number of anilines is 1. The molecule has 7 heteroatoms. The number of halogens is 3. The Labute approximate surface area is 119 Å². The molecule has 1 aromatic carbocycles. The van der Waals surface area contributed by atoms with Crippen LogP contribution in [0.4, 0.5) is 18.9 Å². The van der Waals surface area contributed by atoms with Crippen molar-refractivity contribution >= 4 is 11.6 Å². The number of amides is 1. The van der Waals surface area contributed by atoms with Crippen molar-refractivity contribution in [2.24, 2.45) is 5.92 Å². The van der Waals surface area contributed by atoms with E-state index in [1.54, 1.807) is 6.92 Å². The summed E-state index contributed by atoms with van der Waals surface area (Å²) in [6, 6.07) is 3.83. The van der Waals surface area contributed by atoms with Crippen LogP contribution < -0.4 is 10.6 Å². The predicted molar refractivity (Wildman–Crippen MR) is 69.7 cm³/mol. The van der Waals surface area contributed by atoms with Crippen molar-refractivity contribution in [3.05, 3.63) is 29.6 Å². The summed E-state index contributed by atoms with van der Waals surface area (Å²) in [7, 11) is 0. The third kappa shape index (κ3) is 3.27. The number of hydrogen-bond donors (Lipinski definition) is 2. The number of nitrogens with zero attached hydrogens (tertiary/aromatic N) is 1. The van der Waals surface area contributed by atoms with Gasteiger partial charge in [0, 0.05) is 0 Å². The Morgan fingerprint density at radius 1 is 1.38 bits per heavy atom. The van der Waals surface area contributed by atoms with Gasteiger partial charge in [0.15, 0.2) is 17.5 Å². The van der Waals surface area contributed by atoms with Crippen molar-refractivity contribution in [1.29, 1.82) is 5.26 Å². The molecule has 1 saturated carbocycles. The topological polar surface area (TPSA) is 64.9 Å². The number of carbonyl (C=O) groups is 1. The highest BCUT2D eigenvalue weighted by Gasteiger charge is 2.42. The summed E-state index contributed by atoms with van der Waals surface area (Å²) < 4.78 is 39.2. The van der Waals surface area contributed by atoms with E-state index >= 15 is 0 Å². The van der Waals surface area contributed by atoms with Gasteiger partial charge < -0.3 is 10.6 Å². The van der Waals surface area contributed by atoms with Crippen molar-refractivity contribution in [3.8, 4) is 6.07 Å². The minimum absolute atomic E-state index is 0.117. The molecular weight excluding hydrogens is 283 g/mol. The van der Waals surface area contributed by atoms with E-state index in [-0.39, 0.29) is 18.2 Å². The van der Waals surface area contributed by atoms with Gasteiger partial charge in [-0.25, -0.2) is 13.2 Å². The lowest BCUT2D eigenvalue weighted by Crippen LogP contribution is -2.48. The highest BCUT2D eigenvalue weighted by atomic mass is 19.2. The zero-order valence-electron chi connectivity index (χ0n) is 11.3. The van der Waals surface area contributed by atoms with Crippen LogP contribution in [0.15, 0.2) is 12.1 Å². The first-order chi connectivity index (χ1) is 9.87. The minimum Gasteiger partial charge on any atom is -0.374 e. The molecule has 0 aliphatic heterocycles. The maximum Gasteiger partial charge on any atom is 0.240 e. The Morgan fingerprint density at radius 2 is 2.05 bits per heavy atom. The van der Waals surface area contributed by atoms with Crippen LogP contribution in [0.2, 0.25) is 0 Å². The molecule has 4 nitrogen and oxygen atoms in total. The molecule has 0 heterocycles. The predicted octanol–water partition coefficient (Wildman–Crippen LogP) is 2.32. The molecule has 21 heavy (non-hydrogen) atoms. The zero-order chi connectivity index (χ0) is 15.6. The summed E-state index contributed by atoms with van der Waals surface area (Å²) in [5, 5.41) is 14.1. The molecule has 112 valence electrons. The summed E-state index contributed by atoms with van der Waals surface area (Å²) >= 11 is 0. The molecule has 1 amide bonds. The molecule has 1 atom stereocenters. The van der Waals surface area contributed by atoms with E-state index < -0.39 is 28.9 Å². The average Bonchev–Trinajstić information content (AvgIpc) is 3.29. The number of carbonyl (C=O) groups excluding carboxylic acids is 1. The summed E-state index contributed by atoms with van der Waals surface area (Å²) in [6.45, 7) is 1.28. The van der Waals surface area contributed by atoms with Gasteiger partial charge in [-0.15, -0.1) is 0 Å². The van der Waals surface area contributed by atoms with E-state index in [1.165, 1.54) is 0 Å². The second kappa shape index (κ2) is 5.64. The van der Waals surface area contributed by atoms with Crippen molar-refractivity contribution in [1.82, 2.24) is 5.32 Å². The van der Waals surface area contributed by atoms with Crippen LogP contribution in [-0.2, 0) is 4.79 Å². The van der Waals surface area contributed by atoms with E-state index in [9.17, 15) is 18.0 Å². The maximum atomic E-state index is 13.4. The molecule has 2 rings (SSSR count). The van der Waals surface area contributed by atoms with Crippen LogP contribution in [0.3, 0.4) is 0 Å². The van der Waals surface area contributed by atoms with Gasteiger partial charge in [0.05, 0.1) is 18.3 Å². The van der Waals surface area contributed by atoms with Gasteiger partial charge in [0.1, 0.15) is 5.54 Å². The molecule has 0 bridgehead atoms. The first-order valence-electron chi connectivity index (χ1n) is 6.47. The maximum absolute atomic E-state index is 13.4. The third-order valence-electron chi connectivity index (χ3n) is 3.50. The second-order valence-corrected chi connectivity index (χ2v) is 5.21. The Bertz CT molecular complexity index is 610. The average molecular weight is 297 g/mol. The smallest absolute Gasteiger partial charge is 0.240 e. The van der Waals surface area contributed by atoms with E-state index in [4.69, 9.17) is 5.26 Å². The van der Waals surface area contributed by atoms with Crippen LogP contribution in [0.5, 0.6) is 0 Å². The first kappa shape index (κ1) is 15.2. The molecule has 0 saturated heterocycles. The highest BCUT2D eigenvalue weighted by Crippen LogP contribution is 2.39. The first-order valence-corrected chi connectivity index (χ1v) is 6.47. The number of nitriles is 1. The fourth-order valence-electron chi connectivity index (χ4n) is 2.05. The van der Waals surface area contributed by atoms with E-state index in [2.05, 4.69) is 16.7 Å². The monoisotopic (exact) mass is 297 g/mol. The Kier molecular flexibility index (Phi) is 4.07. The van der Waals surface area contributed by atoms with Gasteiger partial charge in [0.25, 0.3) is 0 Å². The van der Waals surface area contributed by atoms with Gasteiger partial charge in [-0.3, -0.25) is 4.79 Å². The highest BCUT2D eigenvalue weighted by molar-refractivity contribution is 5.82. The van der Waals surface area contributed by atoms with Crippen LogP contribution in [0.1, 0.15) is 19.8 Å². The molecule has 0 spiro atoms. The molecule has 1 aliphatic carbocycles. The Morgan fingerprint density at radius 3 is 2.62 bits per heavy atom. The standard InChI is InChI=1S/C14H14F3N3O/c1-14(7-18,8-2-3-8)20-11(21)6-19-10-5-4-9(15)12(16)13(10)17/h4-5,8,19H,2-3,6H2,1H3,(H,20,21)/t14-/m1/s1.